The summed E-state index contributed by atoms with van der Waals surface area (Å²) in [5.41, 5.74) is 2.54. The number of hydrogen-bond acceptors (Lipinski definition) is 3. The quantitative estimate of drug-likeness (QED) is 0.656. The van der Waals surface area contributed by atoms with Crippen molar-refractivity contribution < 1.29 is 0 Å². The summed E-state index contributed by atoms with van der Waals surface area (Å²) in [7, 11) is 0. The lowest BCUT2D eigenvalue weighted by Crippen LogP contribution is -2.33. The van der Waals surface area contributed by atoms with Crippen molar-refractivity contribution >= 4 is 5.82 Å². The summed E-state index contributed by atoms with van der Waals surface area (Å²) in [5, 5.41) is 3.42. The summed E-state index contributed by atoms with van der Waals surface area (Å²) >= 11 is 0. The molecule has 0 atom stereocenters. The highest BCUT2D eigenvalue weighted by atomic mass is 15.2. The fourth-order valence-corrected chi connectivity index (χ4v) is 2.50. The van der Waals surface area contributed by atoms with Gasteiger partial charge in [-0.25, -0.2) is 4.98 Å². The molecule has 0 amide bonds. The van der Waals surface area contributed by atoms with E-state index in [9.17, 15) is 0 Å². The van der Waals surface area contributed by atoms with Crippen LogP contribution in [0, 0.1) is 0 Å². The van der Waals surface area contributed by atoms with Crippen molar-refractivity contribution in [2.45, 2.75) is 72.9 Å². The number of anilines is 1. The minimum atomic E-state index is 0.494. The first kappa shape index (κ1) is 18.0. The van der Waals surface area contributed by atoms with Gasteiger partial charge in [0.2, 0.25) is 0 Å². The predicted molar refractivity (Wildman–Crippen MR) is 93.0 cm³/mol. The second kappa shape index (κ2) is 9.78. The molecule has 120 valence electrons. The number of hydrogen-bond donors (Lipinski definition) is 1. The molecular weight excluding hydrogens is 258 g/mol. The lowest BCUT2D eigenvalue weighted by molar-refractivity contribution is 0.617. The van der Waals surface area contributed by atoms with Gasteiger partial charge in [-0.1, -0.05) is 33.6 Å². The second-order valence-electron chi connectivity index (χ2n) is 5.95. The van der Waals surface area contributed by atoms with E-state index in [0.717, 1.165) is 31.9 Å². The van der Waals surface area contributed by atoms with Crippen LogP contribution in [-0.4, -0.2) is 24.1 Å². The van der Waals surface area contributed by atoms with Crippen LogP contribution in [0.5, 0.6) is 0 Å². The molecule has 0 aliphatic carbocycles. The Hall–Kier alpha value is -1.09. The van der Waals surface area contributed by atoms with Crippen molar-refractivity contribution in [3.8, 4) is 0 Å². The number of pyridine rings is 1. The van der Waals surface area contributed by atoms with Crippen molar-refractivity contribution in [1.82, 2.24) is 10.3 Å². The first-order valence-electron chi connectivity index (χ1n) is 8.59. The topological polar surface area (TPSA) is 28.2 Å². The summed E-state index contributed by atoms with van der Waals surface area (Å²) in [6, 6.07) is 4.98. The van der Waals surface area contributed by atoms with Crippen LogP contribution < -0.4 is 10.2 Å². The average molecular weight is 291 g/mol. The molecule has 0 fully saturated rings. The van der Waals surface area contributed by atoms with E-state index >= 15 is 0 Å². The lowest BCUT2D eigenvalue weighted by atomic mass is 10.1. The van der Waals surface area contributed by atoms with Crippen molar-refractivity contribution in [3.05, 3.63) is 23.4 Å². The summed E-state index contributed by atoms with van der Waals surface area (Å²) in [5.74, 6) is 1.15. The van der Waals surface area contributed by atoms with Crippen LogP contribution in [0.4, 0.5) is 5.82 Å². The molecule has 3 nitrogen and oxygen atoms in total. The Kier molecular flexibility index (Phi) is 8.36. The molecule has 1 heterocycles. The SMILES string of the molecule is CCCCCN(c1cc(CNCC)cc(CC)n1)C(C)C. The molecule has 21 heavy (non-hydrogen) atoms. The van der Waals surface area contributed by atoms with Crippen molar-refractivity contribution in [3.63, 3.8) is 0 Å². The van der Waals surface area contributed by atoms with E-state index in [-0.39, 0.29) is 0 Å². The van der Waals surface area contributed by atoms with Gasteiger partial charge in [-0.2, -0.15) is 0 Å². The van der Waals surface area contributed by atoms with Gasteiger partial charge in [-0.05, 0) is 50.9 Å². The third-order valence-corrected chi connectivity index (χ3v) is 3.79. The van der Waals surface area contributed by atoms with Crippen LogP contribution in [0.3, 0.4) is 0 Å². The Morgan fingerprint density at radius 2 is 1.90 bits per heavy atom. The zero-order valence-electron chi connectivity index (χ0n) is 14.6. The van der Waals surface area contributed by atoms with Gasteiger partial charge in [-0.15, -0.1) is 0 Å². The molecule has 0 aliphatic rings. The summed E-state index contributed by atoms with van der Waals surface area (Å²) in [4.78, 5) is 7.31. The number of aromatic nitrogens is 1. The number of rotatable bonds is 10. The molecule has 1 aromatic heterocycles. The zero-order chi connectivity index (χ0) is 15.7. The lowest BCUT2D eigenvalue weighted by Gasteiger charge is -2.29. The second-order valence-corrected chi connectivity index (χ2v) is 5.95. The first-order chi connectivity index (χ1) is 10.1. The van der Waals surface area contributed by atoms with Crippen LogP contribution in [0.25, 0.3) is 0 Å². The molecule has 0 aromatic carbocycles. The van der Waals surface area contributed by atoms with Crippen LogP contribution in [-0.2, 0) is 13.0 Å². The smallest absolute Gasteiger partial charge is 0.129 e. The van der Waals surface area contributed by atoms with Crippen LogP contribution in [0.1, 0.15) is 65.1 Å². The molecule has 1 rings (SSSR count). The van der Waals surface area contributed by atoms with Gasteiger partial charge < -0.3 is 10.2 Å². The maximum absolute atomic E-state index is 4.86. The molecule has 0 saturated heterocycles. The van der Waals surface area contributed by atoms with E-state index in [1.54, 1.807) is 0 Å². The van der Waals surface area contributed by atoms with E-state index in [1.165, 1.54) is 30.5 Å². The number of nitrogens with one attached hydrogen (secondary N) is 1. The fraction of sp³-hybridized carbons (Fsp3) is 0.722. The Labute approximate surface area is 131 Å². The van der Waals surface area contributed by atoms with Crippen molar-refractivity contribution in [1.29, 1.82) is 0 Å². The minimum absolute atomic E-state index is 0.494. The third kappa shape index (κ3) is 6.04. The van der Waals surface area contributed by atoms with Crippen LogP contribution >= 0.6 is 0 Å². The highest BCUT2D eigenvalue weighted by Gasteiger charge is 2.13. The Morgan fingerprint density at radius 1 is 1.14 bits per heavy atom. The van der Waals surface area contributed by atoms with Gasteiger partial charge >= 0.3 is 0 Å². The maximum Gasteiger partial charge on any atom is 0.129 e. The monoisotopic (exact) mass is 291 g/mol. The van der Waals surface area contributed by atoms with E-state index in [0.29, 0.717) is 6.04 Å². The normalized spacial score (nSPS) is 11.1. The molecule has 1 N–H and O–H groups in total. The fourth-order valence-electron chi connectivity index (χ4n) is 2.50. The van der Waals surface area contributed by atoms with E-state index in [2.05, 4.69) is 57.0 Å². The summed E-state index contributed by atoms with van der Waals surface area (Å²) < 4.78 is 0. The van der Waals surface area contributed by atoms with E-state index in [4.69, 9.17) is 4.98 Å². The standard InChI is InChI=1S/C18H33N3/c1-6-9-10-11-21(15(4)5)18-13-16(14-19-8-3)12-17(7-2)20-18/h12-13,15,19H,6-11,14H2,1-5H3. The minimum Gasteiger partial charge on any atom is -0.354 e. The Bertz CT molecular complexity index is 401. The molecular formula is C18H33N3. The Morgan fingerprint density at radius 3 is 2.48 bits per heavy atom. The van der Waals surface area contributed by atoms with Crippen molar-refractivity contribution in [2.75, 3.05) is 18.0 Å². The molecule has 0 radical (unpaired) electrons. The number of unbranched alkanes of at least 4 members (excludes halogenated alkanes) is 2. The molecule has 0 aliphatic heterocycles. The maximum atomic E-state index is 4.86. The molecule has 1 aromatic rings. The summed E-state index contributed by atoms with van der Waals surface area (Å²) in [6.07, 6.45) is 4.80. The Balaban J connectivity index is 2.93. The third-order valence-electron chi connectivity index (χ3n) is 3.79. The number of nitrogens with zero attached hydrogens (tertiary/aromatic N) is 2. The average Bonchev–Trinajstić information content (AvgIpc) is 2.48. The number of aryl methyl sites for hydroxylation is 1. The van der Waals surface area contributed by atoms with Gasteiger partial charge in [0.15, 0.2) is 0 Å². The van der Waals surface area contributed by atoms with Gasteiger partial charge in [0.1, 0.15) is 5.82 Å². The van der Waals surface area contributed by atoms with Gasteiger partial charge in [0.25, 0.3) is 0 Å². The van der Waals surface area contributed by atoms with Crippen molar-refractivity contribution in [2.24, 2.45) is 0 Å². The first-order valence-corrected chi connectivity index (χ1v) is 8.59. The van der Waals surface area contributed by atoms with Crippen LogP contribution in [0.2, 0.25) is 0 Å². The zero-order valence-corrected chi connectivity index (χ0v) is 14.6. The van der Waals surface area contributed by atoms with Crippen LogP contribution in [0.15, 0.2) is 12.1 Å². The predicted octanol–water partition coefficient (Wildman–Crippen LogP) is 4.16. The van der Waals surface area contributed by atoms with Gasteiger partial charge in [0.05, 0.1) is 0 Å². The molecule has 3 heteroatoms. The molecule has 0 bridgehead atoms. The highest BCUT2D eigenvalue weighted by molar-refractivity contribution is 5.43. The van der Waals surface area contributed by atoms with E-state index in [1.807, 2.05) is 0 Å². The molecule has 0 saturated carbocycles. The summed E-state index contributed by atoms with van der Waals surface area (Å²) in [6.45, 7) is 14.1. The van der Waals surface area contributed by atoms with Gasteiger partial charge in [-0.3, -0.25) is 0 Å². The largest absolute Gasteiger partial charge is 0.354 e. The van der Waals surface area contributed by atoms with E-state index < -0.39 is 0 Å². The van der Waals surface area contributed by atoms with Gasteiger partial charge in [0, 0.05) is 24.8 Å². The molecule has 0 unspecified atom stereocenters. The molecule has 0 spiro atoms. The highest BCUT2D eigenvalue weighted by Crippen LogP contribution is 2.19.